The van der Waals surface area contributed by atoms with Gasteiger partial charge in [0.05, 0.1) is 6.10 Å². The Bertz CT molecular complexity index is 188. The summed E-state index contributed by atoms with van der Waals surface area (Å²) in [7, 11) is 3.23. The lowest BCUT2D eigenvalue weighted by molar-refractivity contribution is -0.133. The number of carbonyl (C=O) groups excluding carboxylic acids is 1. The zero-order valence-corrected chi connectivity index (χ0v) is 8.29. The molecule has 0 aliphatic carbocycles. The minimum absolute atomic E-state index is 0.272. The van der Waals surface area contributed by atoms with Gasteiger partial charge in [0.15, 0.2) is 0 Å². The molecule has 0 aromatic rings. The summed E-state index contributed by atoms with van der Waals surface area (Å²) < 4.78 is 0. The molecule has 0 aromatic heterocycles. The summed E-state index contributed by atoms with van der Waals surface area (Å²) in [5.41, 5.74) is 5.63. The number of hydrazine groups is 2. The van der Waals surface area contributed by atoms with Crippen LogP contribution in [0, 0.1) is 0 Å². The van der Waals surface area contributed by atoms with Gasteiger partial charge in [0.25, 0.3) is 5.91 Å². The molecule has 13 heavy (non-hydrogen) atoms. The van der Waals surface area contributed by atoms with Gasteiger partial charge in [-0.05, 0) is 6.92 Å². The standard InChI is InChI=1S/C8H17N3O2/c1-6(5-7(2)12)8(13)11(9-3)10-4/h7,9-10,12H,1,5H2,2-4H3. The first-order valence-electron chi connectivity index (χ1n) is 4.08. The van der Waals surface area contributed by atoms with Crippen molar-refractivity contribution in [3.63, 3.8) is 0 Å². The number of aliphatic hydroxyl groups is 1. The zero-order chi connectivity index (χ0) is 10.4. The lowest BCUT2D eigenvalue weighted by Gasteiger charge is -2.20. The van der Waals surface area contributed by atoms with E-state index in [1.54, 1.807) is 21.0 Å². The van der Waals surface area contributed by atoms with Crippen molar-refractivity contribution in [3.05, 3.63) is 12.2 Å². The van der Waals surface area contributed by atoms with Gasteiger partial charge < -0.3 is 5.11 Å². The van der Waals surface area contributed by atoms with Gasteiger partial charge >= 0.3 is 0 Å². The summed E-state index contributed by atoms with van der Waals surface area (Å²) in [6, 6.07) is 0. The van der Waals surface area contributed by atoms with E-state index in [-0.39, 0.29) is 12.3 Å². The van der Waals surface area contributed by atoms with Gasteiger partial charge in [-0.15, -0.1) is 0 Å². The SMILES string of the molecule is C=C(CC(C)O)C(=O)N(NC)NC. The van der Waals surface area contributed by atoms with Crippen LogP contribution >= 0.6 is 0 Å². The van der Waals surface area contributed by atoms with Crippen molar-refractivity contribution in [2.24, 2.45) is 0 Å². The van der Waals surface area contributed by atoms with Crippen LogP contribution in [0.5, 0.6) is 0 Å². The maximum absolute atomic E-state index is 11.4. The third-order valence-corrected chi connectivity index (χ3v) is 1.49. The number of hydrogen-bond donors (Lipinski definition) is 3. The van der Waals surface area contributed by atoms with Crippen molar-refractivity contribution < 1.29 is 9.90 Å². The van der Waals surface area contributed by atoms with E-state index >= 15 is 0 Å². The molecule has 0 radical (unpaired) electrons. The van der Waals surface area contributed by atoms with Crippen molar-refractivity contribution in [1.29, 1.82) is 0 Å². The minimum Gasteiger partial charge on any atom is -0.393 e. The number of carbonyl (C=O) groups is 1. The first-order valence-corrected chi connectivity index (χ1v) is 4.08. The molecule has 0 aliphatic heterocycles. The van der Waals surface area contributed by atoms with Gasteiger partial charge in [0.2, 0.25) is 0 Å². The quantitative estimate of drug-likeness (QED) is 0.397. The second-order valence-corrected chi connectivity index (χ2v) is 2.74. The summed E-state index contributed by atoms with van der Waals surface area (Å²) >= 11 is 0. The molecular formula is C8H17N3O2. The molecule has 0 fully saturated rings. The molecule has 0 spiro atoms. The number of nitrogens with one attached hydrogen (secondary N) is 2. The Morgan fingerprint density at radius 2 is 2.00 bits per heavy atom. The first-order chi connectivity index (χ1) is 6.02. The predicted molar refractivity (Wildman–Crippen MR) is 50.4 cm³/mol. The van der Waals surface area contributed by atoms with Gasteiger partial charge in [-0.25, -0.2) is 16.0 Å². The second kappa shape index (κ2) is 5.69. The lowest BCUT2D eigenvalue weighted by atomic mass is 10.1. The molecule has 5 heteroatoms. The Hall–Kier alpha value is -0.910. The smallest absolute Gasteiger partial charge is 0.278 e. The van der Waals surface area contributed by atoms with Crippen LogP contribution in [0.25, 0.3) is 0 Å². The lowest BCUT2D eigenvalue weighted by Crippen LogP contribution is -2.49. The highest BCUT2D eigenvalue weighted by Gasteiger charge is 2.15. The van der Waals surface area contributed by atoms with Crippen LogP contribution in [-0.4, -0.2) is 36.3 Å². The minimum atomic E-state index is -0.549. The monoisotopic (exact) mass is 187 g/mol. The maximum atomic E-state index is 11.4. The van der Waals surface area contributed by atoms with E-state index in [1.807, 2.05) is 0 Å². The van der Waals surface area contributed by atoms with Crippen LogP contribution in [0.15, 0.2) is 12.2 Å². The van der Waals surface area contributed by atoms with Gasteiger partial charge in [-0.3, -0.25) is 4.79 Å². The molecule has 1 unspecified atom stereocenters. The van der Waals surface area contributed by atoms with E-state index < -0.39 is 6.10 Å². The highest BCUT2D eigenvalue weighted by atomic mass is 16.3. The topological polar surface area (TPSA) is 64.6 Å². The Kier molecular flexibility index (Phi) is 5.29. The molecule has 0 rings (SSSR count). The highest BCUT2D eigenvalue weighted by Crippen LogP contribution is 2.04. The predicted octanol–water partition coefficient (Wildman–Crippen LogP) is -0.589. The fourth-order valence-corrected chi connectivity index (χ4v) is 0.917. The molecule has 0 bridgehead atoms. The molecule has 0 saturated heterocycles. The van der Waals surface area contributed by atoms with Crippen LogP contribution in [0.3, 0.4) is 0 Å². The molecular weight excluding hydrogens is 170 g/mol. The Balaban J connectivity index is 4.16. The molecule has 1 atom stereocenters. The summed E-state index contributed by atoms with van der Waals surface area (Å²) in [5, 5.41) is 10.2. The molecule has 0 aromatic carbocycles. The van der Waals surface area contributed by atoms with Crippen LogP contribution in [0.4, 0.5) is 0 Å². The molecule has 5 nitrogen and oxygen atoms in total. The van der Waals surface area contributed by atoms with Gasteiger partial charge in [-0.2, -0.15) is 0 Å². The number of nitrogens with zero attached hydrogens (tertiary/aromatic N) is 1. The van der Waals surface area contributed by atoms with Crippen LogP contribution < -0.4 is 10.9 Å². The third kappa shape index (κ3) is 4.02. The molecule has 0 heterocycles. The van der Waals surface area contributed by atoms with E-state index in [0.717, 1.165) is 0 Å². The van der Waals surface area contributed by atoms with Gasteiger partial charge in [0, 0.05) is 26.1 Å². The average Bonchev–Trinajstić information content (AvgIpc) is 2.05. The van der Waals surface area contributed by atoms with Crippen molar-refractivity contribution in [1.82, 2.24) is 16.0 Å². The number of aliphatic hydroxyl groups excluding tert-OH is 1. The molecule has 1 amide bonds. The van der Waals surface area contributed by atoms with Crippen molar-refractivity contribution >= 4 is 5.91 Å². The van der Waals surface area contributed by atoms with Gasteiger partial charge in [-0.1, -0.05) is 6.58 Å². The fourth-order valence-electron chi connectivity index (χ4n) is 0.917. The third-order valence-electron chi connectivity index (χ3n) is 1.49. The first kappa shape index (κ1) is 12.1. The average molecular weight is 187 g/mol. The molecule has 3 N–H and O–H groups in total. The summed E-state index contributed by atoms with van der Waals surface area (Å²) in [4.78, 5) is 11.4. The second-order valence-electron chi connectivity index (χ2n) is 2.74. The molecule has 76 valence electrons. The number of hydrogen-bond acceptors (Lipinski definition) is 4. The Morgan fingerprint density at radius 1 is 1.54 bits per heavy atom. The summed E-state index contributed by atoms with van der Waals surface area (Å²) in [5.74, 6) is -0.272. The van der Waals surface area contributed by atoms with E-state index in [0.29, 0.717) is 5.57 Å². The van der Waals surface area contributed by atoms with E-state index in [2.05, 4.69) is 17.4 Å². The summed E-state index contributed by atoms with van der Waals surface area (Å²) in [6.07, 6.45) is -0.273. The summed E-state index contributed by atoms with van der Waals surface area (Å²) in [6.45, 7) is 5.19. The largest absolute Gasteiger partial charge is 0.393 e. The Labute approximate surface area is 78.4 Å². The molecule has 0 saturated carbocycles. The van der Waals surface area contributed by atoms with Gasteiger partial charge in [0.1, 0.15) is 0 Å². The van der Waals surface area contributed by atoms with E-state index in [1.165, 1.54) is 5.12 Å². The fraction of sp³-hybridized carbons (Fsp3) is 0.625. The normalized spacial score (nSPS) is 12.3. The number of rotatable bonds is 5. The maximum Gasteiger partial charge on any atom is 0.278 e. The van der Waals surface area contributed by atoms with Crippen LogP contribution in [0.2, 0.25) is 0 Å². The Morgan fingerprint density at radius 3 is 2.31 bits per heavy atom. The van der Waals surface area contributed by atoms with Crippen molar-refractivity contribution in [3.8, 4) is 0 Å². The van der Waals surface area contributed by atoms with Crippen LogP contribution in [0.1, 0.15) is 13.3 Å². The zero-order valence-electron chi connectivity index (χ0n) is 8.29. The molecule has 0 aliphatic rings. The number of amides is 1. The van der Waals surface area contributed by atoms with E-state index in [4.69, 9.17) is 5.11 Å². The highest BCUT2D eigenvalue weighted by molar-refractivity contribution is 5.92. The van der Waals surface area contributed by atoms with Crippen molar-refractivity contribution in [2.45, 2.75) is 19.4 Å². The van der Waals surface area contributed by atoms with Crippen molar-refractivity contribution in [2.75, 3.05) is 14.1 Å². The van der Waals surface area contributed by atoms with Crippen LogP contribution in [-0.2, 0) is 4.79 Å². The van der Waals surface area contributed by atoms with E-state index in [9.17, 15) is 4.79 Å².